The molecule has 0 saturated carbocycles. The van der Waals surface area contributed by atoms with E-state index >= 15 is 0 Å². The smallest absolute Gasteiger partial charge is 0.264 e. The Morgan fingerprint density at radius 2 is 0.885 bits per heavy atom. The predicted octanol–water partition coefficient (Wildman–Crippen LogP) is 5.14. The van der Waals surface area contributed by atoms with Crippen molar-refractivity contribution in [3.05, 3.63) is 106 Å². The standard InChI is InChI=1S/C38H22N6O6S2/c1-42(2)52(49,50)18-4-14-30-28(16-18)41-36-24-10-6-20-21-7-11-25-33-23(35-40-27-15-17(51(39,47)48)3-13-29(27)43(35)37(25)45)9-5-19(31(21)33)22-8-12-26(34(24)32(20)22)38(46)44(30)36/h3-16H,1-2H3,(H2,39,47,48). The second-order valence-corrected chi connectivity index (χ2v) is 17.1. The van der Waals surface area contributed by atoms with E-state index in [9.17, 15) is 26.4 Å². The molecule has 7 aromatic carbocycles. The summed E-state index contributed by atoms with van der Waals surface area (Å²) in [5, 5.41) is 14.7. The summed E-state index contributed by atoms with van der Waals surface area (Å²) < 4.78 is 54.2. The molecule has 0 spiro atoms. The third kappa shape index (κ3) is 3.42. The van der Waals surface area contributed by atoms with Crippen LogP contribution in [-0.4, -0.2) is 54.0 Å². The number of fused-ring (bicyclic) bond motifs is 10. The van der Waals surface area contributed by atoms with E-state index in [1.807, 2.05) is 48.5 Å². The van der Waals surface area contributed by atoms with E-state index in [0.29, 0.717) is 44.1 Å². The summed E-state index contributed by atoms with van der Waals surface area (Å²) in [6.45, 7) is 0. The van der Waals surface area contributed by atoms with Crippen LogP contribution in [0.1, 0.15) is 0 Å². The van der Waals surface area contributed by atoms with Gasteiger partial charge in [0.25, 0.3) is 11.1 Å². The molecular formula is C38H22N6O6S2. The second kappa shape index (κ2) is 9.23. The van der Waals surface area contributed by atoms with Gasteiger partial charge >= 0.3 is 0 Å². The van der Waals surface area contributed by atoms with E-state index in [2.05, 4.69) is 0 Å². The summed E-state index contributed by atoms with van der Waals surface area (Å²) in [5.74, 6) is 0. The van der Waals surface area contributed by atoms with Crippen LogP contribution in [0.3, 0.4) is 0 Å². The van der Waals surface area contributed by atoms with E-state index in [4.69, 9.17) is 15.1 Å². The lowest BCUT2D eigenvalue weighted by molar-refractivity contribution is 0.521. The van der Waals surface area contributed by atoms with Crippen LogP contribution in [0.2, 0.25) is 0 Å². The van der Waals surface area contributed by atoms with E-state index in [1.165, 1.54) is 42.8 Å². The average molecular weight is 723 g/mol. The second-order valence-electron chi connectivity index (χ2n) is 13.4. The molecule has 0 amide bonds. The Hall–Kier alpha value is -6.06. The molecule has 0 fully saturated rings. The van der Waals surface area contributed by atoms with Gasteiger partial charge in [0.1, 0.15) is 11.3 Å². The molecule has 14 heteroatoms. The van der Waals surface area contributed by atoms with Gasteiger partial charge in [0.15, 0.2) is 0 Å². The number of benzene rings is 7. The summed E-state index contributed by atoms with van der Waals surface area (Å²) in [6, 6.07) is 24.3. The fraction of sp³-hybridized carbons (Fsp3) is 0.0526. The molecule has 0 bridgehead atoms. The van der Waals surface area contributed by atoms with Crippen LogP contribution in [0.15, 0.2) is 104 Å². The first-order chi connectivity index (χ1) is 24.8. The minimum Gasteiger partial charge on any atom is -0.268 e. The lowest BCUT2D eigenvalue weighted by atomic mass is 9.86. The van der Waals surface area contributed by atoms with Gasteiger partial charge in [-0.25, -0.2) is 36.2 Å². The maximum Gasteiger partial charge on any atom is 0.264 e. The Kier molecular flexibility index (Phi) is 5.26. The van der Waals surface area contributed by atoms with Gasteiger partial charge in [-0.3, -0.25) is 18.4 Å². The Balaban J connectivity index is 1.27. The zero-order valence-corrected chi connectivity index (χ0v) is 28.8. The van der Waals surface area contributed by atoms with Gasteiger partial charge < -0.3 is 0 Å². The largest absolute Gasteiger partial charge is 0.268 e. The number of primary sulfonamides is 1. The molecule has 11 rings (SSSR count). The first-order valence-corrected chi connectivity index (χ1v) is 19.1. The van der Waals surface area contributed by atoms with Crippen LogP contribution >= 0.6 is 0 Å². The molecule has 0 aliphatic rings. The molecule has 252 valence electrons. The minimum atomic E-state index is -3.98. The van der Waals surface area contributed by atoms with Crippen LogP contribution in [0.25, 0.3) is 98.0 Å². The number of aromatic nitrogens is 4. The molecule has 0 atom stereocenters. The van der Waals surface area contributed by atoms with E-state index in [0.717, 1.165) is 58.2 Å². The van der Waals surface area contributed by atoms with Crippen LogP contribution in [0, 0.1) is 0 Å². The number of pyridine rings is 2. The highest BCUT2D eigenvalue weighted by Crippen LogP contribution is 2.45. The molecular weight excluding hydrogens is 701 g/mol. The number of hydrogen-bond acceptors (Lipinski definition) is 8. The number of nitrogens with zero attached hydrogens (tertiary/aromatic N) is 5. The molecule has 0 saturated heterocycles. The normalized spacial score (nSPS) is 13.5. The number of imidazole rings is 2. The highest BCUT2D eigenvalue weighted by Gasteiger charge is 2.25. The van der Waals surface area contributed by atoms with Crippen molar-refractivity contribution < 1.29 is 16.8 Å². The maximum atomic E-state index is 14.3. The molecule has 12 nitrogen and oxygen atoms in total. The van der Waals surface area contributed by atoms with Gasteiger partial charge in [-0.1, -0.05) is 24.3 Å². The van der Waals surface area contributed by atoms with Gasteiger partial charge in [0.05, 0.1) is 31.9 Å². The highest BCUT2D eigenvalue weighted by molar-refractivity contribution is 7.89. The molecule has 11 aromatic rings. The van der Waals surface area contributed by atoms with Crippen molar-refractivity contribution in [1.29, 1.82) is 0 Å². The summed E-state index contributed by atoms with van der Waals surface area (Å²) >= 11 is 0. The fourth-order valence-corrected chi connectivity index (χ4v) is 9.76. The lowest BCUT2D eigenvalue weighted by Gasteiger charge is -2.18. The van der Waals surface area contributed by atoms with Crippen LogP contribution in [0.4, 0.5) is 0 Å². The SMILES string of the molecule is CN(C)S(=O)(=O)c1ccc2c(c1)nc1c3ccc4c5ccc6c(=O)n7c8ccc(S(N)(=O)=O)cc8nc7c7ccc(c8ccc(c(=O)n21)c3c84)c5c67. The van der Waals surface area contributed by atoms with E-state index in [-0.39, 0.29) is 20.9 Å². The lowest BCUT2D eigenvalue weighted by Crippen LogP contribution is -2.22. The van der Waals surface area contributed by atoms with Crippen LogP contribution in [0.5, 0.6) is 0 Å². The maximum absolute atomic E-state index is 14.3. The Morgan fingerprint density at radius 3 is 1.31 bits per heavy atom. The van der Waals surface area contributed by atoms with Crippen molar-refractivity contribution in [3.8, 4) is 0 Å². The van der Waals surface area contributed by atoms with Crippen LogP contribution < -0.4 is 16.3 Å². The summed E-state index contributed by atoms with van der Waals surface area (Å²) in [6.07, 6.45) is 0. The molecule has 0 aliphatic carbocycles. The minimum absolute atomic E-state index is 0.0847. The zero-order valence-electron chi connectivity index (χ0n) is 27.2. The van der Waals surface area contributed by atoms with Gasteiger partial charge in [0.2, 0.25) is 20.0 Å². The number of sulfonamides is 2. The number of rotatable bonds is 3. The van der Waals surface area contributed by atoms with Gasteiger partial charge in [-0.15, -0.1) is 0 Å². The molecule has 0 radical (unpaired) electrons. The van der Waals surface area contributed by atoms with Crippen LogP contribution in [-0.2, 0) is 20.0 Å². The van der Waals surface area contributed by atoms with Crippen molar-refractivity contribution >= 4 is 118 Å². The highest BCUT2D eigenvalue weighted by atomic mass is 32.2. The van der Waals surface area contributed by atoms with E-state index < -0.39 is 20.0 Å². The molecule has 4 heterocycles. The van der Waals surface area contributed by atoms with Crippen molar-refractivity contribution in [2.75, 3.05) is 14.1 Å². The van der Waals surface area contributed by atoms with Crippen molar-refractivity contribution in [2.45, 2.75) is 9.79 Å². The quantitative estimate of drug-likeness (QED) is 0.193. The van der Waals surface area contributed by atoms with Gasteiger partial charge in [-0.05, 0) is 93.0 Å². The molecule has 52 heavy (non-hydrogen) atoms. The molecule has 0 unspecified atom stereocenters. The number of nitrogens with two attached hydrogens (primary N) is 1. The monoisotopic (exact) mass is 722 g/mol. The molecule has 2 N–H and O–H groups in total. The van der Waals surface area contributed by atoms with E-state index in [1.54, 1.807) is 16.5 Å². The van der Waals surface area contributed by atoms with Gasteiger partial charge in [-0.2, -0.15) is 0 Å². The van der Waals surface area contributed by atoms with Crippen molar-refractivity contribution in [2.24, 2.45) is 5.14 Å². The summed E-state index contributed by atoms with van der Waals surface area (Å²) in [4.78, 5) is 38.0. The number of hydrogen-bond donors (Lipinski definition) is 1. The first-order valence-electron chi connectivity index (χ1n) is 16.2. The topological polar surface area (TPSA) is 166 Å². The fourth-order valence-electron chi connectivity index (χ4n) is 8.30. The summed E-state index contributed by atoms with van der Waals surface area (Å²) in [7, 11) is -4.78. The summed E-state index contributed by atoms with van der Waals surface area (Å²) in [5.41, 5.74) is 2.02. The first kappa shape index (κ1) is 29.6. The third-order valence-corrected chi connectivity index (χ3v) is 13.3. The molecule has 0 aliphatic heterocycles. The predicted molar refractivity (Wildman–Crippen MR) is 202 cm³/mol. The Labute approximate surface area is 291 Å². The zero-order chi connectivity index (χ0) is 35.7. The molecule has 4 aromatic heterocycles. The Bertz CT molecular complexity index is 3800. The van der Waals surface area contributed by atoms with Crippen molar-refractivity contribution in [3.63, 3.8) is 0 Å². The average Bonchev–Trinajstić information content (AvgIpc) is 3.71. The van der Waals surface area contributed by atoms with Gasteiger partial charge in [0, 0.05) is 46.4 Å². The van der Waals surface area contributed by atoms with Crippen molar-refractivity contribution in [1.82, 2.24) is 23.1 Å². The third-order valence-electron chi connectivity index (χ3n) is 10.6. The Morgan fingerprint density at radius 1 is 0.519 bits per heavy atom.